The molecule has 0 bridgehead atoms. The van der Waals surface area contributed by atoms with E-state index in [1.807, 2.05) is 13.8 Å². The number of amides is 1. The summed E-state index contributed by atoms with van der Waals surface area (Å²) in [7, 11) is 0. The van der Waals surface area contributed by atoms with Crippen LogP contribution >= 0.6 is 0 Å². The van der Waals surface area contributed by atoms with Crippen LogP contribution < -0.4 is 10.6 Å². The molecule has 1 aliphatic rings. The van der Waals surface area contributed by atoms with Crippen LogP contribution in [-0.2, 0) is 4.79 Å². The van der Waals surface area contributed by atoms with Gasteiger partial charge in [0, 0.05) is 25.3 Å². The number of carbonyl (C=O) groups excluding carboxylic acids is 1. The molecule has 1 saturated heterocycles. The number of halogens is 2. The Morgan fingerprint density at radius 2 is 1.98 bits per heavy atom. The maximum atomic E-state index is 15.9. The first-order chi connectivity index (χ1) is 21.0. The highest BCUT2D eigenvalue weighted by Crippen LogP contribution is 2.37. The predicted molar refractivity (Wildman–Crippen MR) is 162 cm³/mol. The van der Waals surface area contributed by atoms with Crippen LogP contribution in [0.25, 0.3) is 28.0 Å². The molecule has 226 valence electrons. The number of aromatic hydroxyl groups is 1. The lowest BCUT2D eigenvalue weighted by atomic mass is 9.99. The molecule has 1 amide bonds. The number of anilines is 1. The SMILES string of the molecule is C=CC(=O)N1CCN(c2nc(=O)n(-c3c(C)ccnc3C(C)C)c3nc(-c4c(O)cccc4F)c(F)cc23)[C@@H](C)C1CC#N. The Bertz CT molecular complexity index is 1880. The average Bonchev–Trinajstić information content (AvgIpc) is 2.98. The molecule has 1 N–H and O–H groups in total. The fourth-order valence-corrected chi connectivity index (χ4v) is 5.85. The monoisotopic (exact) mass is 599 g/mol. The van der Waals surface area contributed by atoms with Crippen LogP contribution in [0.4, 0.5) is 14.6 Å². The molecule has 0 spiro atoms. The minimum atomic E-state index is -0.945. The summed E-state index contributed by atoms with van der Waals surface area (Å²) in [6, 6.07) is 7.47. The third kappa shape index (κ3) is 5.04. The van der Waals surface area contributed by atoms with Crippen LogP contribution in [-0.4, -0.2) is 60.6 Å². The van der Waals surface area contributed by atoms with E-state index in [2.05, 4.69) is 27.6 Å². The number of aryl methyl sites for hydroxylation is 1. The van der Waals surface area contributed by atoms with E-state index in [9.17, 15) is 24.3 Å². The van der Waals surface area contributed by atoms with Gasteiger partial charge in [-0.25, -0.2) is 23.1 Å². The van der Waals surface area contributed by atoms with Crippen molar-refractivity contribution < 1.29 is 18.7 Å². The standard InChI is InChI=1S/C32H31F2N7O3/c1-6-25(43)40-15-14-39(19(5)23(40)10-12-35)30-20-16-22(34)28(26-21(33)8-7-9-24(26)42)37-31(20)41(32(44)38-30)29-18(4)11-13-36-27(29)17(2)3/h6-9,11,13,16-17,19,23,42H,1,10,14-15H2,2-5H3/t19-,23?/m0/s1. The van der Waals surface area contributed by atoms with Crippen molar-refractivity contribution in [1.29, 1.82) is 5.26 Å². The Morgan fingerprint density at radius 3 is 2.64 bits per heavy atom. The smallest absolute Gasteiger partial charge is 0.355 e. The van der Waals surface area contributed by atoms with E-state index in [-0.39, 0.29) is 48.2 Å². The molecule has 44 heavy (non-hydrogen) atoms. The van der Waals surface area contributed by atoms with Gasteiger partial charge in [-0.2, -0.15) is 10.2 Å². The molecular formula is C32H31F2N7O3. The fourth-order valence-electron chi connectivity index (χ4n) is 5.85. The highest BCUT2D eigenvalue weighted by atomic mass is 19.1. The van der Waals surface area contributed by atoms with Crippen molar-refractivity contribution in [2.24, 2.45) is 0 Å². The molecule has 12 heteroatoms. The van der Waals surface area contributed by atoms with E-state index >= 15 is 4.39 Å². The summed E-state index contributed by atoms with van der Waals surface area (Å²) in [5, 5.41) is 20.2. The Hall–Kier alpha value is -5.18. The number of rotatable bonds is 6. The summed E-state index contributed by atoms with van der Waals surface area (Å²) in [5.74, 6) is -2.71. The number of nitrogens with zero attached hydrogens (tertiary/aromatic N) is 7. The van der Waals surface area contributed by atoms with Crippen molar-refractivity contribution in [3.63, 3.8) is 0 Å². The van der Waals surface area contributed by atoms with Gasteiger partial charge in [-0.3, -0.25) is 9.78 Å². The molecule has 4 heterocycles. The Balaban J connectivity index is 1.85. The Labute approximate surface area is 252 Å². The van der Waals surface area contributed by atoms with Crippen molar-refractivity contribution in [2.75, 3.05) is 18.0 Å². The largest absolute Gasteiger partial charge is 0.507 e. The van der Waals surface area contributed by atoms with Crippen LogP contribution in [0.1, 0.15) is 44.4 Å². The molecule has 0 radical (unpaired) electrons. The molecule has 2 atom stereocenters. The highest BCUT2D eigenvalue weighted by molar-refractivity contribution is 5.91. The molecule has 1 unspecified atom stereocenters. The van der Waals surface area contributed by atoms with Crippen LogP contribution in [0.5, 0.6) is 5.75 Å². The zero-order valence-electron chi connectivity index (χ0n) is 24.8. The van der Waals surface area contributed by atoms with E-state index in [0.29, 0.717) is 16.9 Å². The molecular weight excluding hydrogens is 568 g/mol. The van der Waals surface area contributed by atoms with Crippen LogP contribution in [0, 0.1) is 29.9 Å². The number of hydrogen-bond donors (Lipinski definition) is 1. The normalized spacial score (nSPS) is 16.8. The summed E-state index contributed by atoms with van der Waals surface area (Å²) in [6.07, 6.45) is 2.81. The van der Waals surface area contributed by atoms with Gasteiger partial charge in [-0.05, 0) is 55.7 Å². The lowest BCUT2D eigenvalue weighted by Gasteiger charge is -2.46. The number of aromatic nitrogens is 4. The second kappa shape index (κ2) is 11.8. The topological polar surface area (TPSA) is 128 Å². The summed E-state index contributed by atoms with van der Waals surface area (Å²) in [5.41, 5.74) is -0.0210. The molecule has 3 aromatic heterocycles. The molecule has 0 aliphatic carbocycles. The van der Waals surface area contributed by atoms with Gasteiger partial charge in [0.1, 0.15) is 23.1 Å². The lowest BCUT2D eigenvalue weighted by Crippen LogP contribution is -2.60. The number of phenolic OH excluding ortho intramolecular Hbond substituents is 1. The van der Waals surface area contributed by atoms with E-state index in [4.69, 9.17) is 0 Å². The van der Waals surface area contributed by atoms with Crippen LogP contribution in [0.3, 0.4) is 0 Å². The van der Waals surface area contributed by atoms with Gasteiger partial charge in [0.25, 0.3) is 0 Å². The molecule has 1 aromatic carbocycles. The zero-order chi connectivity index (χ0) is 31.9. The van der Waals surface area contributed by atoms with Gasteiger partial charge in [-0.1, -0.05) is 26.5 Å². The first kappa shape index (κ1) is 30.3. The number of nitriles is 1. The van der Waals surface area contributed by atoms with Crippen LogP contribution in [0.15, 0.2) is 54.0 Å². The molecule has 10 nitrogen and oxygen atoms in total. The summed E-state index contributed by atoms with van der Waals surface area (Å²) in [6.45, 7) is 11.4. The quantitative estimate of drug-likeness (QED) is 0.314. The van der Waals surface area contributed by atoms with E-state index in [1.54, 1.807) is 35.9 Å². The fraction of sp³-hybridized carbons (Fsp3) is 0.312. The predicted octanol–water partition coefficient (Wildman–Crippen LogP) is 4.76. The van der Waals surface area contributed by atoms with E-state index in [0.717, 1.165) is 12.1 Å². The Kier molecular flexibility index (Phi) is 8.15. The molecule has 1 fully saturated rings. The number of fused-ring (bicyclic) bond motifs is 1. The van der Waals surface area contributed by atoms with Gasteiger partial charge in [0.2, 0.25) is 5.91 Å². The number of hydrogen-bond acceptors (Lipinski definition) is 8. The molecule has 5 rings (SSSR count). The maximum Gasteiger partial charge on any atom is 0.355 e. The Morgan fingerprint density at radius 1 is 1.23 bits per heavy atom. The van der Waals surface area contributed by atoms with Crippen molar-refractivity contribution in [3.8, 4) is 28.8 Å². The summed E-state index contributed by atoms with van der Waals surface area (Å²) >= 11 is 0. The van der Waals surface area contributed by atoms with Gasteiger partial charge in [0.05, 0.1) is 40.9 Å². The minimum absolute atomic E-state index is 0.00218. The van der Waals surface area contributed by atoms with Gasteiger partial charge in [0.15, 0.2) is 11.5 Å². The summed E-state index contributed by atoms with van der Waals surface area (Å²) in [4.78, 5) is 43.4. The number of piperazine rings is 1. The molecule has 4 aromatic rings. The first-order valence-electron chi connectivity index (χ1n) is 14.1. The number of benzene rings is 1. The third-order valence-corrected chi connectivity index (χ3v) is 8.02. The zero-order valence-corrected chi connectivity index (χ0v) is 24.8. The van der Waals surface area contributed by atoms with Crippen molar-refractivity contribution in [2.45, 2.75) is 52.1 Å². The number of pyridine rings is 2. The van der Waals surface area contributed by atoms with Crippen molar-refractivity contribution >= 4 is 22.8 Å². The number of phenols is 1. The second-order valence-corrected chi connectivity index (χ2v) is 11.0. The van der Waals surface area contributed by atoms with Crippen molar-refractivity contribution in [1.82, 2.24) is 24.4 Å². The number of carbonyl (C=O) groups is 1. The minimum Gasteiger partial charge on any atom is -0.507 e. The van der Waals surface area contributed by atoms with E-state index < -0.39 is 46.4 Å². The maximum absolute atomic E-state index is 15.9. The van der Waals surface area contributed by atoms with Gasteiger partial charge in [-0.15, -0.1) is 0 Å². The van der Waals surface area contributed by atoms with Crippen molar-refractivity contribution in [3.05, 3.63) is 82.6 Å². The van der Waals surface area contributed by atoms with Gasteiger partial charge >= 0.3 is 5.69 Å². The highest BCUT2D eigenvalue weighted by Gasteiger charge is 2.37. The lowest BCUT2D eigenvalue weighted by molar-refractivity contribution is -0.129. The molecule has 0 saturated carbocycles. The first-order valence-corrected chi connectivity index (χ1v) is 14.1. The average molecular weight is 600 g/mol. The third-order valence-electron chi connectivity index (χ3n) is 8.02. The molecule has 1 aliphatic heterocycles. The van der Waals surface area contributed by atoms with Gasteiger partial charge < -0.3 is 14.9 Å². The van der Waals surface area contributed by atoms with E-state index in [1.165, 1.54) is 22.8 Å². The van der Waals surface area contributed by atoms with Crippen LogP contribution in [0.2, 0.25) is 0 Å². The summed E-state index contributed by atoms with van der Waals surface area (Å²) < 4.78 is 32.2. The second-order valence-electron chi connectivity index (χ2n) is 11.0.